The zero-order valence-corrected chi connectivity index (χ0v) is 16.4. The van der Waals surface area contributed by atoms with Crippen LogP contribution in [0.15, 0.2) is 72.8 Å². The van der Waals surface area contributed by atoms with Crippen LogP contribution in [0.3, 0.4) is 0 Å². The van der Waals surface area contributed by atoms with Gasteiger partial charge < -0.3 is 10.5 Å². The van der Waals surface area contributed by atoms with Gasteiger partial charge in [-0.15, -0.1) is 11.3 Å². The Kier molecular flexibility index (Phi) is 5.22. The number of hydrogen-bond donors (Lipinski definition) is 1. The van der Waals surface area contributed by atoms with Crippen molar-refractivity contribution in [3.63, 3.8) is 0 Å². The molecule has 0 saturated heterocycles. The van der Waals surface area contributed by atoms with Gasteiger partial charge in [-0.25, -0.2) is 0 Å². The van der Waals surface area contributed by atoms with E-state index in [1.807, 2.05) is 36.4 Å². The van der Waals surface area contributed by atoms with Crippen molar-refractivity contribution in [3.05, 3.63) is 88.8 Å². The molecule has 1 amide bonds. The molecule has 0 spiro atoms. The molecule has 3 aromatic carbocycles. The van der Waals surface area contributed by atoms with E-state index in [1.54, 1.807) is 12.1 Å². The lowest BCUT2D eigenvalue weighted by Gasteiger charge is -2.09. The zero-order valence-electron chi connectivity index (χ0n) is 15.6. The number of rotatable bonds is 5. The molecule has 4 aromatic rings. The fraction of sp³-hybridized carbons (Fsp3) is 0.0870. The summed E-state index contributed by atoms with van der Waals surface area (Å²) >= 11 is 1.52. The topological polar surface area (TPSA) is 52.3 Å². The van der Waals surface area contributed by atoms with Crippen LogP contribution >= 0.6 is 11.3 Å². The predicted molar refractivity (Wildman–Crippen MR) is 112 cm³/mol. The zero-order chi connectivity index (χ0) is 21.3. The number of ether oxygens (including phenoxy) is 1. The van der Waals surface area contributed by atoms with E-state index in [1.165, 1.54) is 23.5 Å². The van der Waals surface area contributed by atoms with Gasteiger partial charge in [0.05, 0.1) is 5.56 Å². The average molecular weight is 427 g/mol. The minimum Gasteiger partial charge on any atom is -0.488 e. The van der Waals surface area contributed by atoms with Gasteiger partial charge in [0.25, 0.3) is 0 Å². The van der Waals surface area contributed by atoms with Crippen molar-refractivity contribution in [1.29, 1.82) is 0 Å². The largest absolute Gasteiger partial charge is 0.488 e. The molecule has 152 valence electrons. The summed E-state index contributed by atoms with van der Waals surface area (Å²) in [6, 6.07) is 19.8. The fourth-order valence-corrected chi connectivity index (χ4v) is 4.25. The van der Waals surface area contributed by atoms with Crippen molar-refractivity contribution in [2.45, 2.75) is 12.8 Å². The van der Waals surface area contributed by atoms with Gasteiger partial charge >= 0.3 is 6.18 Å². The molecule has 7 heteroatoms. The second-order valence-corrected chi connectivity index (χ2v) is 7.83. The predicted octanol–water partition coefficient (Wildman–Crippen LogP) is 6.27. The Morgan fingerprint density at radius 1 is 0.967 bits per heavy atom. The van der Waals surface area contributed by atoms with Gasteiger partial charge in [-0.3, -0.25) is 4.79 Å². The van der Waals surface area contributed by atoms with E-state index in [0.29, 0.717) is 5.56 Å². The van der Waals surface area contributed by atoms with E-state index in [9.17, 15) is 18.0 Å². The van der Waals surface area contributed by atoms with Crippen molar-refractivity contribution < 1.29 is 22.7 Å². The van der Waals surface area contributed by atoms with Gasteiger partial charge in [0, 0.05) is 15.1 Å². The van der Waals surface area contributed by atoms with Crippen LogP contribution in [0.4, 0.5) is 13.2 Å². The summed E-state index contributed by atoms with van der Waals surface area (Å²) in [5.74, 6) is -0.311. The Labute approximate surface area is 174 Å². The lowest BCUT2D eigenvalue weighted by atomic mass is 10.0. The molecule has 1 heterocycles. The van der Waals surface area contributed by atoms with E-state index in [0.717, 1.165) is 38.2 Å². The second-order valence-electron chi connectivity index (χ2n) is 6.69. The van der Waals surface area contributed by atoms with Crippen molar-refractivity contribution in [1.82, 2.24) is 0 Å². The van der Waals surface area contributed by atoms with Gasteiger partial charge in [-0.05, 0) is 52.9 Å². The highest BCUT2D eigenvalue weighted by Gasteiger charge is 2.30. The standard InChI is InChI=1S/C23H16F3NO2S/c24-23(25,26)17-4-2-5-18(12-17)29-13-19-11-16-3-1-6-20(21(16)30-19)14-7-9-15(10-8-14)22(27)28/h1-12H,13H2,(H2,27,28). The number of carbonyl (C=O) groups excluding carboxylic acids is 1. The highest BCUT2D eigenvalue weighted by Crippen LogP contribution is 2.36. The van der Waals surface area contributed by atoms with Gasteiger partial charge in [-0.2, -0.15) is 13.2 Å². The van der Waals surface area contributed by atoms with E-state index < -0.39 is 17.6 Å². The quantitative estimate of drug-likeness (QED) is 0.408. The minimum atomic E-state index is -4.41. The van der Waals surface area contributed by atoms with Gasteiger partial charge in [-0.1, -0.05) is 36.4 Å². The summed E-state index contributed by atoms with van der Waals surface area (Å²) in [4.78, 5) is 12.2. The monoisotopic (exact) mass is 427 g/mol. The first-order valence-electron chi connectivity index (χ1n) is 9.03. The lowest BCUT2D eigenvalue weighted by molar-refractivity contribution is -0.137. The van der Waals surface area contributed by atoms with E-state index in [-0.39, 0.29) is 12.4 Å². The maximum absolute atomic E-state index is 12.9. The first-order chi connectivity index (χ1) is 14.3. The number of amides is 1. The van der Waals surface area contributed by atoms with Crippen molar-refractivity contribution >= 4 is 27.3 Å². The van der Waals surface area contributed by atoms with Crippen LogP contribution in [0.5, 0.6) is 5.75 Å². The first-order valence-corrected chi connectivity index (χ1v) is 9.84. The molecule has 0 unspecified atom stereocenters. The number of primary amides is 1. The van der Waals surface area contributed by atoms with Crippen molar-refractivity contribution in [3.8, 4) is 16.9 Å². The normalized spacial score (nSPS) is 11.6. The molecule has 0 bridgehead atoms. The summed E-state index contributed by atoms with van der Waals surface area (Å²) < 4.78 is 45.2. The van der Waals surface area contributed by atoms with Crippen LogP contribution < -0.4 is 10.5 Å². The number of nitrogens with two attached hydrogens (primary N) is 1. The molecule has 0 aliphatic carbocycles. The molecular formula is C23H16F3NO2S. The molecule has 0 saturated carbocycles. The number of alkyl halides is 3. The van der Waals surface area contributed by atoms with Crippen LogP contribution in [0, 0.1) is 0 Å². The summed E-state index contributed by atoms with van der Waals surface area (Å²) in [6.45, 7) is 0.167. The van der Waals surface area contributed by atoms with Crippen LogP contribution in [-0.4, -0.2) is 5.91 Å². The highest BCUT2D eigenvalue weighted by atomic mass is 32.1. The third-order valence-corrected chi connectivity index (χ3v) is 5.78. The maximum Gasteiger partial charge on any atom is 0.416 e. The van der Waals surface area contributed by atoms with Crippen LogP contribution in [-0.2, 0) is 12.8 Å². The van der Waals surface area contributed by atoms with Gasteiger partial charge in [0.2, 0.25) is 5.91 Å². The fourth-order valence-electron chi connectivity index (χ4n) is 3.15. The molecule has 0 atom stereocenters. The van der Waals surface area contributed by atoms with Crippen LogP contribution in [0.25, 0.3) is 21.2 Å². The molecule has 1 aromatic heterocycles. The average Bonchev–Trinajstić information content (AvgIpc) is 3.15. The Morgan fingerprint density at radius 3 is 2.40 bits per heavy atom. The number of carbonyl (C=O) groups is 1. The lowest BCUT2D eigenvalue weighted by Crippen LogP contribution is -2.10. The number of hydrogen-bond acceptors (Lipinski definition) is 3. The molecule has 0 fully saturated rings. The molecule has 0 aliphatic heterocycles. The minimum absolute atomic E-state index is 0.167. The number of halogens is 3. The summed E-state index contributed by atoms with van der Waals surface area (Å²) in [7, 11) is 0. The smallest absolute Gasteiger partial charge is 0.416 e. The molecule has 30 heavy (non-hydrogen) atoms. The SMILES string of the molecule is NC(=O)c1ccc(-c2cccc3cc(COc4cccc(C(F)(F)F)c4)sc23)cc1. The molecule has 3 nitrogen and oxygen atoms in total. The van der Waals surface area contributed by atoms with E-state index in [2.05, 4.69) is 0 Å². The number of benzene rings is 3. The summed E-state index contributed by atoms with van der Waals surface area (Å²) in [5, 5.41) is 1.01. The highest BCUT2D eigenvalue weighted by molar-refractivity contribution is 7.19. The first kappa shape index (κ1) is 20.0. The Balaban J connectivity index is 1.59. The summed E-state index contributed by atoms with van der Waals surface area (Å²) in [5.41, 5.74) is 6.94. The van der Waals surface area contributed by atoms with Gasteiger partial charge in [0.1, 0.15) is 12.4 Å². The second kappa shape index (κ2) is 7.84. The molecule has 2 N–H and O–H groups in total. The van der Waals surface area contributed by atoms with Crippen LogP contribution in [0.1, 0.15) is 20.8 Å². The van der Waals surface area contributed by atoms with Crippen molar-refractivity contribution in [2.24, 2.45) is 5.73 Å². The van der Waals surface area contributed by atoms with E-state index >= 15 is 0 Å². The van der Waals surface area contributed by atoms with Gasteiger partial charge in [0.15, 0.2) is 0 Å². The Morgan fingerprint density at radius 2 is 1.70 bits per heavy atom. The number of fused-ring (bicyclic) bond motifs is 1. The van der Waals surface area contributed by atoms with Crippen LogP contribution in [0.2, 0.25) is 0 Å². The maximum atomic E-state index is 12.9. The van der Waals surface area contributed by atoms with Crippen molar-refractivity contribution in [2.75, 3.05) is 0 Å². The summed E-state index contributed by atoms with van der Waals surface area (Å²) in [6.07, 6.45) is -4.41. The number of thiophene rings is 1. The Hall–Kier alpha value is -3.32. The molecule has 0 radical (unpaired) electrons. The Bertz CT molecular complexity index is 1210. The molecular weight excluding hydrogens is 411 g/mol. The third-order valence-electron chi connectivity index (χ3n) is 4.62. The molecule has 4 rings (SSSR count). The third kappa shape index (κ3) is 4.16. The molecule has 0 aliphatic rings. The van der Waals surface area contributed by atoms with E-state index in [4.69, 9.17) is 10.5 Å².